The molecular formula is C16H20ClNO3. The molecule has 0 spiro atoms. The molecule has 0 heterocycles. The fraction of sp³-hybridized carbons (Fsp3) is 0.500. The van der Waals surface area contributed by atoms with Crippen LogP contribution in [0.25, 0.3) is 0 Å². The van der Waals surface area contributed by atoms with Crippen molar-refractivity contribution in [3.8, 4) is 0 Å². The van der Waals surface area contributed by atoms with Gasteiger partial charge in [-0.2, -0.15) is 0 Å². The van der Waals surface area contributed by atoms with Crippen molar-refractivity contribution < 1.29 is 14.7 Å². The molecule has 1 atom stereocenters. The smallest absolute Gasteiger partial charge is 0.330 e. The van der Waals surface area contributed by atoms with Gasteiger partial charge in [-0.25, -0.2) is 4.79 Å². The fourth-order valence-corrected chi connectivity index (χ4v) is 3.30. The van der Waals surface area contributed by atoms with Crippen molar-refractivity contribution in [1.82, 2.24) is 5.32 Å². The number of hydrogen-bond donors (Lipinski definition) is 2. The van der Waals surface area contributed by atoms with Crippen LogP contribution < -0.4 is 5.32 Å². The van der Waals surface area contributed by atoms with E-state index in [1.807, 2.05) is 6.92 Å². The molecule has 1 amide bonds. The first-order valence-corrected chi connectivity index (χ1v) is 7.66. The molecule has 1 saturated carbocycles. The van der Waals surface area contributed by atoms with Crippen LogP contribution in [0.2, 0.25) is 5.02 Å². The molecule has 1 aliphatic rings. The molecule has 1 aromatic carbocycles. The third-order valence-electron chi connectivity index (χ3n) is 4.46. The summed E-state index contributed by atoms with van der Waals surface area (Å²) >= 11 is 6.06. The number of halogens is 1. The van der Waals surface area contributed by atoms with Crippen LogP contribution in [0.4, 0.5) is 0 Å². The zero-order valence-electron chi connectivity index (χ0n) is 12.1. The second-order valence-electron chi connectivity index (χ2n) is 5.61. The van der Waals surface area contributed by atoms with Gasteiger partial charge in [-0.05, 0) is 25.3 Å². The van der Waals surface area contributed by atoms with Crippen molar-refractivity contribution in [2.45, 2.75) is 45.1 Å². The minimum Gasteiger partial charge on any atom is -0.479 e. The molecule has 1 aliphatic carbocycles. The van der Waals surface area contributed by atoms with Gasteiger partial charge in [0.1, 0.15) is 0 Å². The van der Waals surface area contributed by atoms with Crippen molar-refractivity contribution >= 4 is 23.5 Å². The van der Waals surface area contributed by atoms with Crippen LogP contribution in [0.1, 0.15) is 50.6 Å². The third-order valence-corrected chi connectivity index (χ3v) is 4.80. The van der Waals surface area contributed by atoms with E-state index in [4.69, 9.17) is 11.6 Å². The van der Waals surface area contributed by atoms with Crippen molar-refractivity contribution in [1.29, 1.82) is 0 Å². The van der Waals surface area contributed by atoms with Gasteiger partial charge in [-0.15, -0.1) is 0 Å². The van der Waals surface area contributed by atoms with Crippen LogP contribution in [0.5, 0.6) is 0 Å². The maximum atomic E-state index is 12.6. The SMILES string of the molecule is CCC1(C(=O)N[C@@H](C(=O)O)c2ccccc2Cl)CCCC1. The number of rotatable bonds is 5. The zero-order valence-corrected chi connectivity index (χ0v) is 12.8. The first-order chi connectivity index (χ1) is 10.00. The lowest BCUT2D eigenvalue weighted by Crippen LogP contribution is -2.43. The van der Waals surface area contributed by atoms with E-state index in [0.717, 1.165) is 32.1 Å². The summed E-state index contributed by atoms with van der Waals surface area (Å²) in [5.41, 5.74) is -0.00105. The highest BCUT2D eigenvalue weighted by Gasteiger charge is 2.41. The Kier molecular flexibility index (Phi) is 4.88. The van der Waals surface area contributed by atoms with Gasteiger partial charge < -0.3 is 10.4 Å². The maximum absolute atomic E-state index is 12.6. The molecule has 21 heavy (non-hydrogen) atoms. The van der Waals surface area contributed by atoms with Crippen LogP contribution in [-0.2, 0) is 9.59 Å². The highest BCUT2D eigenvalue weighted by Crippen LogP contribution is 2.41. The van der Waals surface area contributed by atoms with Crippen LogP contribution in [0, 0.1) is 5.41 Å². The van der Waals surface area contributed by atoms with Crippen LogP contribution in [0.3, 0.4) is 0 Å². The molecule has 0 aliphatic heterocycles. The lowest BCUT2D eigenvalue weighted by atomic mass is 9.82. The summed E-state index contributed by atoms with van der Waals surface area (Å²) in [6.45, 7) is 1.98. The molecule has 0 unspecified atom stereocenters. The van der Waals surface area contributed by atoms with Gasteiger partial charge >= 0.3 is 5.97 Å². The third kappa shape index (κ3) is 3.21. The first kappa shape index (κ1) is 15.8. The predicted octanol–water partition coefficient (Wildman–Crippen LogP) is 3.55. The lowest BCUT2D eigenvalue weighted by molar-refractivity contribution is -0.144. The van der Waals surface area contributed by atoms with Crippen LogP contribution in [0.15, 0.2) is 24.3 Å². The molecule has 0 saturated heterocycles. The Labute approximate surface area is 129 Å². The number of carbonyl (C=O) groups excluding carboxylic acids is 1. The Hall–Kier alpha value is -1.55. The second kappa shape index (κ2) is 6.48. The second-order valence-corrected chi connectivity index (χ2v) is 6.01. The monoisotopic (exact) mass is 309 g/mol. The summed E-state index contributed by atoms with van der Waals surface area (Å²) in [4.78, 5) is 24.1. The van der Waals surface area contributed by atoms with Crippen LogP contribution >= 0.6 is 11.6 Å². The van der Waals surface area contributed by atoms with Crippen molar-refractivity contribution in [2.75, 3.05) is 0 Å². The molecule has 1 fully saturated rings. The van der Waals surface area contributed by atoms with Crippen molar-refractivity contribution in [3.63, 3.8) is 0 Å². The van der Waals surface area contributed by atoms with Crippen molar-refractivity contribution in [3.05, 3.63) is 34.9 Å². The molecular weight excluding hydrogens is 290 g/mol. The summed E-state index contributed by atoms with van der Waals surface area (Å²) in [5, 5.41) is 12.5. The highest BCUT2D eigenvalue weighted by atomic mass is 35.5. The van der Waals surface area contributed by atoms with Gasteiger partial charge in [0.25, 0.3) is 0 Å². The fourth-order valence-electron chi connectivity index (χ4n) is 3.06. The largest absolute Gasteiger partial charge is 0.479 e. The van der Waals surface area contributed by atoms with Gasteiger partial charge in [0.05, 0.1) is 0 Å². The van der Waals surface area contributed by atoms with E-state index < -0.39 is 17.4 Å². The molecule has 0 aromatic heterocycles. The molecule has 4 nitrogen and oxygen atoms in total. The molecule has 0 radical (unpaired) electrons. The molecule has 0 bridgehead atoms. The summed E-state index contributed by atoms with van der Waals surface area (Å²) in [6.07, 6.45) is 4.41. The number of carboxylic acids is 1. The molecule has 114 valence electrons. The topological polar surface area (TPSA) is 66.4 Å². The number of benzene rings is 1. The van der Waals surface area contributed by atoms with Gasteiger partial charge in [-0.3, -0.25) is 4.79 Å². The zero-order chi connectivity index (χ0) is 15.5. The Morgan fingerprint density at radius 1 is 1.33 bits per heavy atom. The molecule has 5 heteroatoms. The normalized spacial score (nSPS) is 18.2. The lowest BCUT2D eigenvalue weighted by Gasteiger charge is -2.28. The number of hydrogen-bond acceptors (Lipinski definition) is 2. The summed E-state index contributed by atoms with van der Waals surface area (Å²) in [5.74, 6) is -1.27. The molecule has 2 N–H and O–H groups in total. The van der Waals surface area contributed by atoms with Crippen molar-refractivity contribution in [2.24, 2.45) is 5.41 Å². The van der Waals surface area contributed by atoms with Gasteiger partial charge in [0, 0.05) is 16.0 Å². The van der Waals surface area contributed by atoms with E-state index in [1.54, 1.807) is 24.3 Å². The van der Waals surface area contributed by atoms with Crippen LogP contribution in [-0.4, -0.2) is 17.0 Å². The van der Waals surface area contributed by atoms with Gasteiger partial charge in [-0.1, -0.05) is 49.6 Å². The van der Waals surface area contributed by atoms with Gasteiger partial charge in [0.2, 0.25) is 5.91 Å². The van der Waals surface area contributed by atoms with E-state index in [9.17, 15) is 14.7 Å². The Morgan fingerprint density at radius 3 is 2.48 bits per heavy atom. The average molecular weight is 310 g/mol. The Balaban J connectivity index is 2.23. The quantitative estimate of drug-likeness (QED) is 0.874. The van der Waals surface area contributed by atoms with E-state index in [0.29, 0.717) is 10.6 Å². The van der Waals surface area contributed by atoms with E-state index in [2.05, 4.69) is 5.32 Å². The average Bonchev–Trinajstić information content (AvgIpc) is 2.95. The standard InChI is InChI=1S/C16H20ClNO3/c1-2-16(9-5-6-10-16)15(21)18-13(14(19)20)11-7-3-4-8-12(11)17/h3-4,7-8,13H,2,5-6,9-10H2,1H3,(H,18,21)(H,19,20)/t13-/m1/s1. The number of aliphatic carboxylic acids is 1. The maximum Gasteiger partial charge on any atom is 0.330 e. The predicted molar refractivity (Wildman–Crippen MR) is 81.2 cm³/mol. The van der Waals surface area contributed by atoms with E-state index in [1.165, 1.54) is 0 Å². The molecule has 2 rings (SSSR count). The summed E-state index contributed by atoms with van der Waals surface area (Å²) < 4.78 is 0. The molecule has 1 aromatic rings. The highest BCUT2D eigenvalue weighted by molar-refractivity contribution is 6.31. The van der Waals surface area contributed by atoms with Gasteiger partial charge in [0.15, 0.2) is 6.04 Å². The number of nitrogens with one attached hydrogen (secondary N) is 1. The number of carboxylic acid groups (broad SMARTS) is 1. The Bertz CT molecular complexity index is 538. The summed E-state index contributed by atoms with van der Waals surface area (Å²) in [7, 11) is 0. The Morgan fingerprint density at radius 2 is 1.95 bits per heavy atom. The van der Waals surface area contributed by atoms with E-state index in [-0.39, 0.29) is 5.91 Å². The van der Waals surface area contributed by atoms with E-state index >= 15 is 0 Å². The minimum atomic E-state index is -1.10. The summed E-state index contributed by atoms with van der Waals surface area (Å²) in [6, 6.07) is 5.61. The number of amides is 1. The first-order valence-electron chi connectivity index (χ1n) is 7.28. The minimum absolute atomic E-state index is 0.171. The number of carbonyl (C=O) groups is 2.